The van der Waals surface area contributed by atoms with Crippen LogP contribution in [0.5, 0.6) is 0 Å². The SMILES string of the molecule is CC(C)(C)[Si](C)(C)OCC1OC=C[C@@](C)(O)[C@]1(C)O. The Morgan fingerprint density at radius 1 is 1.26 bits per heavy atom. The van der Waals surface area contributed by atoms with E-state index in [2.05, 4.69) is 33.9 Å². The molecule has 0 saturated carbocycles. The van der Waals surface area contributed by atoms with Gasteiger partial charge in [0.25, 0.3) is 0 Å². The maximum Gasteiger partial charge on any atom is 0.192 e. The summed E-state index contributed by atoms with van der Waals surface area (Å²) in [6, 6.07) is 0. The van der Waals surface area contributed by atoms with Crippen molar-refractivity contribution in [1.82, 2.24) is 0 Å². The van der Waals surface area contributed by atoms with Crippen LogP contribution in [0.2, 0.25) is 18.1 Å². The molecule has 2 N–H and O–H groups in total. The maximum absolute atomic E-state index is 10.5. The molecule has 19 heavy (non-hydrogen) atoms. The van der Waals surface area contributed by atoms with Gasteiger partial charge in [0.2, 0.25) is 0 Å². The van der Waals surface area contributed by atoms with E-state index in [9.17, 15) is 10.2 Å². The molecule has 1 aliphatic heterocycles. The topological polar surface area (TPSA) is 58.9 Å². The van der Waals surface area contributed by atoms with Gasteiger partial charge in [0.05, 0.1) is 12.9 Å². The lowest BCUT2D eigenvalue weighted by Crippen LogP contribution is -2.61. The minimum Gasteiger partial charge on any atom is -0.493 e. The molecule has 0 saturated heterocycles. The summed E-state index contributed by atoms with van der Waals surface area (Å²) in [5, 5.41) is 20.8. The zero-order valence-corrected chi connectivity index (χ0v) is 14.2. The van der Waals surface area contributed by atoms with Gasteiger partial charge >= 0.3 is 0 Å². The Balaban J connectivity index is 2.77. The third-order valence-electron chi connectivity index (χ3n) is 4.69. The lowest BCUT2D eigenvalue weighted by atomic mass is 9.80. The van der Waals surface area contributed by atoms with Crippen LogP contribution in [0, 0.1) is 0 Å². The molecule has 0 aliphatic carbocycles. The first-order chi connectivity index (χ1) is 8.31. The molecule has 3 atom stereocenters. The van der Waals surface area contributed by atoms with Crippen molar-refractivity contribution in [3.63, 3.8) is 0 Å². The molecule has 0 aromatic rings. The van der Waals surface area contributed by atoms with Gasteiger partial charge in [-0.2, -0.15) is 0 Å². The average molecular weight is 288 g/mol. The van der Waals surface area contributed by atoms with E-state index in [0.29, 0.717) is 0 Å². The molecular weight excluding hydrogens is 260 g/mol. The summed E-state index contributed by atoms with van der Waals surface area (Å²) < 4.78 is 11.5. The highest BCUT2D eigenvalue weighted by atomic mass is 28.4. The number of aliphatic hydroxyl groups is 2. The normalized spacial score (nSPS) is 36.2. The van der Waals surface area contributed by atoms with Gasteiger partial charge in [-0.1, -0.05) is 20.8 Å². The second-order valence-electron chi connectivity index (χ2n) is 7.29. The van der Waals surface area contributed by atoms with Crippen LogP contribution >= 0.6 is 0 Å². The number of hydrogen-bond acceptors (Lipinski definition) is 4. The molecule has 0 bridgehead atoms. The largest absolute Gasteiger partial charge is 0.493 e. The number of hydrogen-bond donors (Lipinski definition) is 2. The second kappa shape index (κ2) is 4.88. The van der Waals surface area contributed by atoms with E-state index in [1.807, 2.05) is 0 Å². The van der Waals surface area contributed by atoms with E-state index in [1.165, 1.54) is 12.3 Å². The Morgan fingerprint density at radius 3 is 2.26 bits per heavy atom. The predicted octanol–water partition coefficient (Wildman–Crippen LogP) is 2.42. The van der Waals surface area contributed by atoms with Gasteiger partial charge in [0.1, 0.15) is 11.2 Å². The van der Waals surface area contributed by atoms with Crippen LogP contribution in [0.15, 0.2) is 12.3 Å². The Labute approximate surface area is 117 Å². The molecule has 0 aromatic heterocycles. The molecule has 0 amide bonds. The summed E-state index contributed by atoms with van der Waals surface area (Å²) in [7, 11) is -1.89. The van der Waals surface area contributed by atoms with Crippen LogP contribution < -0.4 is 0 Å². The standard InChI is InChI=1S/C14H28O4Si/c1-12(2,3)19(6,7)18-10-11-14(5,16)13(4,15)8-9-17-11/h8-9,11,15-16H,10H2,1-7H3/t11?,13-,14-/m1/s1. The first-order valence-electron chi connectivity index (χ1n) is 6.73. The van der Waals surface area contributed by atoms with Crippen molar-refractivity contribution in [3.8, 4) is 0 Å². The van der Waals surface area contributed by atoms with Gasteiger partial charge in [-0.05, 0) is 38.1 Å². The Bertz CT molecular complexity index is 353. The van der Waals surface area contributed by atoms with Gasteiger partial charge in [-0.3, -0.25) is 0 Å². The second-order valence-corrected chi connectivity index (χ2v) is 12.1. The van der Waals surface area contributed by atoms with Crippen molar-refractivity contribution in [2.24, 2.45) is 0 Å². The van der Waals surface area contributed by atoms with Gasteiger partial charge in [-0.15, -0.1) is 0 Å². The molecule has 0 spiro atoms. The van der Waals surface area contributed by atoms with Gasteiger partial charge < -0.3 is 19.4 Å². The maximum atomic E-state index is 10.5. The van der Waals surface area contributed by atoms with Crippen LogP contribution in [0.25, 0.3) is 0 Å². The summed E-state index contributed by atoms with van der Waals surface area (Å²) in [5.74, 6) is 0. The highest BCUT2D eigenvalue weighted by molar-refractivity contribution is 6.74. The molecule has 5 heteroatoms. The van der Waals surface area contributed by atoms with E-state index in [0.717, 1.165) is 0 Å². The molecule has 112 valence electrons. The molecule has 0 aromatic carbocycles. The first kappa shape index (κ1) is 16.7. The van der Waals surface area contributed by atoms with Crippen molar-refractivity contribution in [2.45, 2.75) is 70.1 Å². The molecule has 4 nitrogen and oxygen atoms in total. The number of rotatable bonds is 3. The summed E-state index contributed by atoms with van der Waals surface area (Å²) in [6.45, 7) is 14.2. The summed E-state index contributed by atoms with van der Waals surface area (Å²) in [4.78, 5) is 0. The minimum absolute atomic E-state index is 0.103. The van der Waals surface area contributed by atoms with Gasteiger partial charge in [0.15, 0.2) is 14.4 Å². The quantitative estimate of drug-likeness (QED) is 0.783. The molecule has 0 fully saturated rings. The average Bonchev–Trinajstić information content (AvgIpc) is 2.18. The lowest BCUT2D eigenvalue weighted by Gasteiger charge is -2.45. The van der Waals surface area contributed by atoms with Gasteiger partial charge in [0, 0.05) is 0 Å². The Morgan fingerprint density at radius 2 is 1.79 bits per heavy atom. The molecule has 1 aliphatic rings. The third-order valence-corrected chi connectivity index (χ3v) is 9.19. The molecule has 1 heterocycles. The summed E-state index contributed by atoms with van der Waals surface area (Å²) in [5.41, 5.74) is -2.68. The number of ether oxygens (including phenoxy) is 1. The van der Waals surface area contributed by atoms with E-state index in [-0.39, 0.29) is 11.6 Å². The van der Waals surface area contributed by atoms with Crippen LogP contribution in [-0.4, -0.2) is 42.4 Å². The highest BCUT2D eigenvalue weighted by Gasteiger charge is 2.50. The van der Waals surface area contributed by atoms with Crippen LogP contribution in [-0.2, 0) is 9.16 Å². The zero-order chi connectivity index (χ0) is 15.1. The van der Waals surface area contributed by atoms with E-state index >= 15 is 0 Å². The van der Waals surface area contributed by atoms with Crippen LogP contribution in [0.1, 0.15) is 34.6 Å². The fourth-order valence-electron chi connectivity index (χ4n) is 1.60. The van der Waals surface area contributed by atoms with E-state index in [1.54, 1.807) is 13.8 Å². The minimum atomic E-state index is -1.89. The zero-order valence-electron chi connectivity index (χ0n) is 13.2. The van der Waals surface area contributed by atoms with Crippen molar-refractivity contribution >= 4 is 8.32 Å². The Hall–Kier alpha value is -0.363. The summed E-state index contributed by atoms with van der Waals surface area (Å²) >= 11 is 0. The Kier molecular flexibility index (Phi) is 4.28. The fraction of sp³-hybridized carbons (Fsp3) is 0.857. The van der Waals surface area contributed by atoms with Crippen molar-refractivity contribution < 1.29 is 19.4 Å². The molecule has 1 unspecified atom stereocenters. The molecule has 1 rings (SSSR count). The summed E-state index contributed by atoms with van der Waals surface area (Å²) in [6.07, 6.45) is 2.34. The van der Waals surface area contributed by atoms with Crippen LogP contribution in [0.4, 0.5) is 0 Å². The van der Waals surface area contributed by atoms with E-state index in [4.69, 9.17) is 9.16 Å². The monoisotopic (exact) mass is 288 g/mol. The molecule has 0 radical (unpaired) electrons. The van der Waals surface area contributed by atoms with Gasteiger partial charge in [-0.25, -0.2) is 0 Å². The fourth-order valence-corrected chi connectivity index (χ4v) is 2.60. The molecular formula is C14H28O4Si. The highest BCUT2D eigenvalue weighted by Crippen LogP contribution is 2.38. The van der Waals surface area contributed by atoms with Crippen molar-refractivity contribution in [2.75, 3.05) is 6.61 Å². The van der Waals surface area contributed by atoms with Crippen molar-refractivity contribution in [3.05, 3.63) is 12.3 Å². The van der Waals surface area contributed by atoms with Crippen LogP contribution in [0.3, 0.4) is 0 Å². The first-order valence-corrected chi connectivity index (χ1v) is 9.64. The van der Waals surface area contributed by atoms with Crippen molar-refractivity contribution in [1.29, 1.82) is 0 Å². The predicted molar refractivity (Wildman–Crippen MR) is 78.4 cm³/mol. The lowest BCUT2D eigenvalue weighted by molar-refractivity contribution is -0.186. The smallest absolute Gasteiger partial charge is 0.192 e. The third kappa shape index (κ3) is 3.21. The van der Waals surface area contributed by atoms with E-state index < -0.39 is 25.6 Å².